The van der Waals surface area contributed by atoms with Crippen LogP contribution in [-0.4, -0.2) is 57.6 Å². The first-order chi connectivity index (χ1) is 4.99. The number of quaternary nitrogens is 1. The van der Waals surface area contributed by atoms with Crippen LogP contribution in [0.15, 0.2) is 0 Å². The third kappa shape index (κ3) is 8.27. The maximum Gasteiger partial charge on any atom is 0.0853 e. The number of aliphatic hydroxyl groups is 1. The summed E-state index contributed by atoms with van der Waals surface area (Å²) in [7, 11) is 7.99. The van der Waals surface area contributed by atoms with Gasteiger partial charge in [0.25, 0.3) is 0 Å². The van der Waals surface area contributed by atoms with Gasteiger partial charge in [0.05, 0.1) is 46.8 Å². The Morgan fingerprint density at radius 2 is 1.83 bits per heavy atom. The van der Waals surface area contributed by atoms with Gasteiger partial charge in [-0.15, -0.1) is 0 Å². The summed E-state index contributed by atoms with van der Waals surface area (Å²) in [6, 6.07) is 0. The molecule has 0 aliphatic carbocycles. The molecule has 0 aromatic carbocycles. The van der Waals surface area contributed by atoms with Crippen LogP contribution in [0, 0.1) is 5.92 Å². The van der Waals surface area contributed by atoms with Gasteiger partial charge in [0.2, 0.25) is 0 Å². The molecule has 0 saturated carbocycles. The summed E-state index contributed by atoms with van der Waals surface area (Å²) in [6.07, 6.45) is 0. The van der Waals surface area contributed by atoms with Crippen molar-refractivity contribution in [1.29, 1.82) is 0 Å². The maximum atomic E-state index is 8.93. The molecule has 3 nitrogen and oxygen atoms in total. The molecule has 0 aliphatic rings. The Balaban J connectivity index is 0. The fourth-order valence-electron chi connectivity index (χ4n) is 1.17. The van der Waals surface area contributed by atoms with Crippen molar-refractivity contribution in [3.8, 4) is 0 Å². The van der Waals surface area contributed by atoms with Gasteiger partial charge in [-0.3, -0.25) is 0 Å². The Labute approximate surface area is 81.3 Å². The smallest absolute Gasteiger partial charge is 0.0853 e. The summed E-state index contributed by atoms with van der Waals surface area (Å²) in [5.41, 5.74) is 0. The van der Waals surface area contributed by atoms with Crippen molar-refractivity contribution in [2.24, 2.45) is 5.92 Å². The van der Waals surface area contributed by atoms with E-state index in [0.717, 1.165) is 11.0 Å². The van der Waals surface area contributed by atoms with E-state index in [9.17, 15) is 0 Å². The molecule has 1 N–H and O–H groups in total. The van der Waals surface area contributed by atoms with Gasteiger partial charge in [-0.05, 0) is 0 Å². The average Bonchev–Trinajstić information content (AvgIpc) is 1.84. The fraction of sp³-hybridized carbons (Fsp3) is 1.00. The molecule has 0 radical (unpaired) electrons. The predicted octanol–water partition coefficient (Wildman–Crippen LogP) is -3.05. The normalized spacial score (nSPS) is 13.8. The second kappa shape index (κ2) is 6.66. The van der Waals surface area contributed by atoms with Crippen LogP contribution in [0.5, 0.6) is 0 Å². The molecule has 1 atom stereocenters. The topological polar surface area (TPSA) is 29.5 Å². The lowest BCUT2D eigenvalue weighted by Gasteiger charge is -2.27. The lowest BCUT2D eigenvalue weighted by atomic mass is 10.1. The van der Waals surface area contributed by atoms with E-state index in [4.69, 9.17) is 9.84 Å². The van der Waals surface area contributed by atoms with Crippen molar-refractivity contribution in [3.05, 3.63) is 0 Å². The first-order valence-electron chi connectivity index (χ1n) is 3.90. The SMILES string of the molecule is COCC(CO)C[N+](C)(C)C.[Cl-]. The third-order valence-electron chi connectivity index (χ3n) is 1.47. The van der Waals surface area contributed by atoms with E-state index in [1.54, 1.807) is 7.11 Å². The van der Waals surface area contributed by atoms with Crippen LogP contribution in [0.2, 0.25) is 0 Å². The molecule has 0 bridgehead atoms. The molecule has 0 amide bonds. The molecule has 0 heterocycles. The molecular weight excluding hydrogens is 178 g/mol. The second-order valence-electron chi connectivity index (χ2n) is 3.98. The van der Waals surface area contributed by atoms with Gasteiger partial charge in [-0.2, -0.15) is 0 Å². The van der Waals surface area contributed by atoms with Gasteiger partial charge < -0.3 is 26.7 Å². The highest BCUT2D eigenvalue weighted by molar-refractivity contribution is 4.53. The molecule has 0 fully saturated rings. The molecule has 12 heavy (non-hydrogen) atoms. The van der Waals surface area contributed by atoms with Crippen LogP contribution in [-0.2, 0) is 4.74 Å². The molecule has 0 aromatic rings. The molecular formula is C8H20ClNO2. The first-order valence-corrected chi connectivity index (χ1v) is 3.90. The van der Waals surface area contributed by atoms with Crippen molar-refractivity contribution in [2.75, 3.05) is 48.0 Å². The first kappa shape index (κ1) is 14.7. The highest BCUT2D eigenvalue weighted by Crippen LogP contribution is 2.02. The molecule has 0 aromatic heterocycles. The van der Waals surface area contributed by atoms with E-state index >= 15 is 0 Å². The van der Waals surface area contributed by atoms with E-state index in [0.29, 0.717) is 6.61 Å². The summed E-state index contributed by atoms with van der Waals surface area (Å²) >= 11 is 0. The summed E-state index contributed by atoms with van der Waals surface area (Å²) in [5.74, 6) is 0.264. The lowest BCUT2D eigenvalue weighted by Crippen LogP contribution is -3.00. The Morgan fingerprint density at radius 3 is 2.08 bits per heavy atom. The summed E-state index contributed by atoms with van der Waals surface area (Å²) in [5, 5.41) is 8.93. The van der Waals surface area contributed by atoms with Crippen molar-refractivity contribution in [3.63, 3.8) is 0 Å². The summed E-state index contributed by atoms with van der Waals surface area (Å²) in [4.78, 5) is 0. The Kier molecular flexibility index (Phi) is 8.15. The minimum atomic E-state index is 0. The Hall–Kier alpha value is 0.170. The minimum absolute atomic E-state index is 0. The quantitative estimate of drug-likeness (QED) is 0.475. The third-order valence-corrected chi connectivity index (χ3v) is 1.47. The number of hydrogen-bond donors (Lipinski definition) is 1. The lowest BCUT2D eigenvalue weighted by molar-refractivity contribution is -0.874. The number of ether oxygens (including phenoxy) is 1. The molecule has 76 valence electrons. The minimum Gasteiger partial charge on any atom is -1.00 e. The van der Waals surface area contributed by atoms with Gasteiger partial charge in [-0.1, -0.05) is 0 Å². The highest BCUT2D eigenvalue weighted by atomic mass is 35.5. The molecule has 0 rings (SSSR count). The van der Waals surface area contributed by atoms with Gasteiger partial charge in [0.15, 0.2) is 0 Å². The highest BCUT2D eigenvalue weighted by Gasteiger charge is 2.16. The van der Waals surface area contributed by atoms with Gasteiger partial charge in [-0.25, -0.2) is 0 Å². The maximum absolute atomic E-state index is 8.93. The van der Waals surface area contributed by atoms with E-state index in [1.807, 2.05) is 0 Å². The molecule has 4 heteroatoms. The predicted molar refractivity (Wildman–Crippen MR) is 45.4 cm³/mol. The number of hydrogen-bond acceptors (Lipinski definition) is 2. The van der Waals surface area contributed by atoms with E-state index < -0.39 is 0 Å². The molecule has 1 unspecified atom stereocenters. The number of rotatable bonds is 5. The van der Waals surface area contributed by atoms with Crippen LogP contribution in [0.3, 0.4) is 0 Å². The number of aliphatic hydroxyl groups excluding tert-OH is 1. The number of halogens is 1. The molecule has 0 saturated heterocycles. The van der Waals surface area contributed by atoms with Crippen molar-refractivity contribution in [1.82, 2.24) is 0 Å². The van der Waals surface area contributed by atoms with E-state index in [-0.39, 0.29) is 24.9 Å². The van der Waals surface area contributed by atoms with Crippen LogP contribution >= 0.6 is 0 Å². The second-order valence-corrected chi connectivity index (χ2v) is 3.98. The number of nitrogens with zero attached hydrogens (tertiary/aromatic N) is 1. The van der Waals surface area contributed by atoms with Crippen molar-refractivity contribution < 1.29 is 26.7 Å². The van der Waals surface area contributed by atoms with Gasteiger partial charge in [0.1, 0.15) is 0 Å². The number of methoxy groups -OCH3 is 1. The average molecular weight is 198 g/mol. The van der Waals surface area contributed by atoms with E-state index in [1.165, 1.54) is 0 Å². The monoisotopic (exact) mass is 197 g/mol. The zero-order valence-corrected chi connectivity index (χ0v) is 9.14. The molecule has 0 aliphatic heterocycles. The fourth-order valence-corrected chi connectivity index (χ4v) is 1.17. The summed E-state index contributed by atoms with van der Waals surface area (Å²) < 4.78 is 5.84. The van der Waals surface area contributed by atoms with Crippen LogP contribution in [0.4, 0.5) is 0 Å². The molecule has 0 spiro atoms. The largest absolute Gasteiger partial charge is 1.00 e. The van der Waals surface area contributed by atoms with Gasteiger partial charge >= 0.3 is 0 Å². The van der Waals surface area contributed by atoms with Crippen LogP contribution < -0.4 is 12.4 Å². The van der Waals surface area contributed by atoms with Crippen molar-refractivity contribution in [2.45, 2.75) is 0 Å². The van der Waals surface area contributed by atoms with Crippen LogP contribution in [0.25, 0.3) is 0 Å². The zero-order chi connectivity index (χ0) is 8.91. The summed E-state index contributed by atoms with van der Waals surface area (Å²) in [6.45, 7) is 1.81. The van der Waals surface area contributed by atoms with E-state index in [2.05, 4.69) is 21.1 Å². The van der Waals surface area contributed by atoms with Crippen molar-refractivity contribution >= 4 is 0 Å². The van der Waals surface area contributed by atoms with Gasteiger partial charge in [0, 0.05) is 7.11 Å². The zero-order valence-electron chi connectivity index (χ0n) is 8.38. The Bertz CT molecular complexity index is 104. The standard InChI is InChI=1S/C8H20NO2.ClH/c1-9(2,3)5-8(6-10)7-11-4;/h8,10H,5-7H2,1-4H3;1H/q+1;/p-1. The Morgan fingerprint density at radius 1 is 1.33 bits per heavy atom. The van der Waals surface area contributed by atoms with Crippen LogP contribution in [0.1, 0.15) is 0 Å².